The van der Waals surface area contributed by atoms with Gasteiger partial charge in [0.25, 0.3) is 0 Å². The monoisotopic (exact) mass is 362 g/mol. The quantitative estimate of drug-likeness (QED) is 0.661. The van der Waals surface area contributed by atoms with Crippen LogP contribution in [0.5, 0.6) is 5.75 Å². The third kappa shape index (κ3) is 6.76. The van der Waals surface area contributed by atoms with Crippen molar-refractivity contribution in [2.24, 2.45) is 0 Å². The van der Waals surface area contributed by atoms with Crippen LogP contribution in [0.3, 0.4) is 0 Å². The smallest absolute Gasteiger partial charge is 0.308 e. The van der Waals surface area contributed by atoms with Gasteiger partial charge in [-0.1, -0.05) is 11.6 Å². The van der Waals surface area contributed by atoms with E-state index in [9.17, 15) is 13.2 Å². The summed E-state index contributed by atoms with van der Waals surface area (Å²) < 4.78 is 28.5. The average molecular weight is 363 g/mol. The molecule has 0 radical (unpaired) electrons. The molecule has 0 fully saturated rings. The summed E-state index contributed by atoms with van der Waals surface area (Å²) in [7, 11) is 0.189. The summed E-state index contributed by atoms with van der Waals surface area (Å²) in [6.07, 6.45) is 0. The number of hydrogen-bond acceptors (Lipinski definition) is 5. The molecule has 0 aromatic heterocycles. The molecule has 0 heterocycles. The van der Waals surface area contributed by atoms with Crippen molar-refractivity contribution < 1.29 is 17.4 Å². The first-order valence-corrected chi connectivity index (χ1v) is 9.21. The first-order valence-electron chi connectivity index (χ1n) is 7.25. The molecule has 1 rings (SSSR count). The van der Waals surface area contributed by atoms with Gasteiger partial charge < -0.3 is 14.0 Å². The van der Waals surface area contributed by atoms with Crippen LogP contribution in [0, 0.1) is 0 Å². The van der Waals surface area contributed by atoms with E-state index in [1.165, 1.54) is 19.9 Å². The molecule has 0 spiro atoms. The lowest BCUT2D eigenvalue weighted by Gasteiger charge is -2.24. The second kappa shape index (κ2) is 8.52. The van der Waals surface area contributed by atoms with Crippen LogP contribution in [0.1, 0.15) is 19.4 Å². The van der Waals surface area contributed by atoms with Crippen LogP contribution in [0.25, 0.3) is 0 Å². The summed E-state index contributed by atoms with van der Waals surface area (Å²) in [5, 5.41) is 0.456. The Morgan fingerprint density at radius 3 is 2.43 bits per heavy atom. The molecule has 23 heavy (non-hydrogen) atoms. The summed E-state index contributed by atoms with van der Waals surface area (Å²) in [6.45, 7) is 4.43. The maximum atomic E-state index is 11.8. The first-order chi connectivity index (χ1) is 10.6. The Balaban J connectivity index is 3.04. The molecule has 0 bridgehead atoms. The van der Waals surface area contributed by atoms with Crippen molar-refractivity contribution in [3.63, 3.8) is 0 Å². The Labute approximate surface area is 143 Å². The highest BCUT2D eigenvalue weighted by atomic mass is 35.5. The van der Waals surface area contributed by atoms with Gasteiger partial charge in [-0.15, -0.1) is 0 Å². The Morgan fingerprint density at radius 1 is 1.26 bits per heavy atom. The van der Waals surface area contributed by atoms with Crippen LogP contribution in [-0.4, -0.2) is 57.1 Å². The van der Waals surface area contributed by atoms with Crippen molar-refractivity contribution in [2.45, 2.75) is 20.4 Å². The van der Waals surface area contributed by atoms with Gasteiger partial charge in [0.15, 0.2) is 0 Å². The van der Waals surface area contributed by atoms with Crippen molar-refractivity contribution in [1.82, 2.24) is 9.80 Å². The van der Waals surface area contributed by atoms with Gasteiger partial charge in [-0.2, -0.15) is 8.42 Å². The predicted molar refractivity (Wildman–Crippen MR) is 91.2 cm³/mol. The number of rotatable bonds is 8. The normalized spacial score (nSPS) is 11.6. The maximum Gasteiger partial charge on any atom is 0.308 e. The summed E-state index contributed by atoms with van der Waals surface area (Å²) in [6, 6.07) is 4.69. The minimum absolute atomic E-state index is 0.101. The van der Waals surface area contributed by atoms with Crippen LogP contribution in [0.15, 0.2) is 18.2 Å². The summed E-state index contributed by atoms with van der Waals surface area (Å²) in [4.78, 5) is 15.4. The molecular formula is C15H23ClN2O4S. The molecule has 0 aliphatic rings. The van der Waals surface area contributed by atoms with Gasteiger partial charge >= 0.3 is 10.1 Å². The van der Waals surface area contributed by atoms with Crippen LogP contribution < -0.4 is 4.18 Å². The highest BCUT2D eigenvalue weighted by Gasteiger charge is 2.17. The van der Waals surface area contributed by atoms with E-state index in [1.807, 2.05) is 19.0 Å². The number of nitrogens with zero attached hydrogens (tertiary/aromatic N) is 2. The maximum absolute atomic E-state index is 11.8. The van der Waals surface area contributed by atoms with Crippen molar-refractivity contribution >= 4 is 27.6 Å². The Hall–Kier alpha value is -1.31. The van der Waals surface area contributed by atoms with E-state index < -0.39 is 10.1 Å². The zero-order valence-corrected chi connectivity index (χ0v) is 15.4. The third-order valence-corrected chi connectivity index (χ3v) is 4.59. The van der Waals surface area contributed by atoms with Crippen molar-refractivity contribution in [2.75, 3.05) is 32.9 Å². The zero-order chi connectivity index (χ0) is 17.6. The molecule has 1 aromatic carbocycles. The van der Waals surface area contributed by atoms with E-state index in [0.29, 0.717) is 23.7 Å². The standard InChI is InChI=1S/C15H23ClN2O4S/c1-5-23(20,21)22-15-7-6-14(16)10-13(15)11-18(12(2)19)9-8-17(3)4/h6-7,10H,5,8-9,11H2,1-4H3. The van der Waals surface area contributed by atoms with Crippen LogP contribution in [0.4, 0.5) is 0 Å². The third-order valence-electron chi connectivity index (χ3n) is 3.22. The van der Waals surface area contributed by atoms with E-state index >= 15 is 0 Å². The second-order valence-electron chi connectivity index (χ2n) is 5.43. The SMILES string of the molecule is CCS(=O)(=O)Oc1ccc(Cl)cc1CN(CCN(C)C)C(C)=O. The highest BCUT2D eigenvalue weighted by molar-refractivity contribution is 7.87. The van der Waals surface area contributed by atoms with E-state index in [1.54, 1.807) is 17.0 Å². The minimum Gasteiger partial charge on any atom is -0.382 e. The number of carbonyl (C=O) groups is 1. The van der Waals surface area contributed by atoms with Crippen LogP contribution >= 0.6 is 11.6 Å². The molecular weight excluding hydrogens is 340 g/mol. The van der Waals surface area contributed by atoms with Crippen molar-refractivity contribution in [3.05, 3.63) is 28.8 Å². The Bertz CT molecular complexity index is 647. The van der Waals surface area contributed by atoms with Gasteiger partial charge in [-0.25, -0.2) is 0 Å². The first kappa shape index (κ1) is 19.7. The molecule has 1 amide bonds. The molecule has 0 aliphatic heterocycles. The number of likely N-dealkylation sites (N-methyl/N-ethyl adjacent to an activating group) is 1. The van der Waals surface area contributed by atoms with Gasteiger partial charge in [0, 0.05) is 37.1 Å². The summed E-state index contributed by atoms with van der Waals surface area (Å²) >= 11 is 6.00. The van der Waals surface area contributed by atoms with E-state index in [2.05, 4.69) is 0 Å². The molecule has 8 heteroatoms. The molecule has 0 N–H and O–H groups in total. The van der Waals surface area contributed by atoms with Crippen LogP contribution in [0.2, 0.25) is 5.02 Å². The molecule has 0 saturated heterocycles. The molecule has 0 aliphatic carbocycles. The van der Waals surface area contributed by atoms with E-state index in [4.69, 9.17) is 15.8 Å². The molecule has 6 nitrogen and oxygen atoms in total. The summed E-state index contributed by atoms with van der Waals surface area (Å²) in [5.74, 6) is -0.0324. The molecule has 0 unspecified atom stereocenters. The topological polar surface area (TPSA) is 66.9 Å². The largest absolute Gasteiger partial charge is 0.382 e. The number of amides is 1. The zero-order valence-electron chi connectivity index (χ0n) is 13.9. The number of hydrogen-bond donors (Lipinski definition) is 0. The van der Waals surface area contributed by atoms with Gasteiger partial charge in [0.2, 0.25) is 5.91 Å². The fourth-order valence-electron chi connectivity index (χ4n) is 1.82. The number of halogens is 1. The van der Waals surface area contributed by atoms with Gasteiger partial charge in [-0.3, -0.25) is 4.79 Å². The molecule has 130 valence electrons. The predicted octanol–water partition coefficient (Wildman–Crippen LogP) is 1.98. The van der Waals surface area contributed by atoms with Crippen LogP contribution in [-0.2, 0) is 21.5 Å². The lowest BCUT2D eigenvalue weighted by Crippen LogP contribution is -2.34. The highest BCUT2D eigenvalue weighted by Crippen LogP contribution is 2.26. The Morgan fingerprint density at radius 2 is 1.91 bits per heavy atom. The lowest BCUT2D eigenvalue weighted by molar-refractivity contribution is -0.129. The van der Waals surface area contributed by atoms with E-state index in [-0.39, 0.29) is 24.0 Å². The fraction of sp³-hybridized carbons (Fsp3) is 0.533. The minimum atomic E-state index is -3.64. The summed E-state index contributed by atoms with van der Waals surface area (Å²) in [5.41, 5.74) is 0.559. The average Bonchev–Trinajstić information content (AvgIpc) is 2.45. The second-order valence-corrected chi connectivity index (χ2v) is 7.72. The Kier molecular flexibility index (Phi) is 7.31. The van der Waals surface area contributed by atoms with Crippen molar-refractivity contribution in [3.8, 4) is 5.75 Å². The molecule has 0 atom stereocenters. The van der Waals surface area contributed by atoms with Gasteiger partial charge in [0.1, 0.15) is 5.75 Å². The van der Waals surface area contributed by atoms with Crippen molar-refractivity contribution in [1.29, 1.82) is 0 Å². The lowest BCUT2D eigenvalue weighted by atomic mass is 10.2. The molecule has 1 aromatic rings. The van der Waals surface area contributed by atoms with E-state index in [0.717, 1.165) is 0 Å². The number of carbonyl (C=O) groups excluding carboxylic acids is 1. The van der Waals surface area contributed by atoms with Gasteiger partial charge in [-0.05, 0) is 39.2 Å². The number of benzene rings is 1. The van der Waals surface area contributed by atoms with Gasteiger partial charge in [0.05, 0.1) is 5.75 Å². The fourth-order valence-corrected chi connectivity index (χ4v) is 2.57. The molecule has 0 saturated carbocycles.